The van der Waals surface area contributed by atoms with Gasteiger partial charge in [-0.1, -0.05) is 18.2 Å². The standard InChI is InChI=1S/C23H29NO4/c1-16(15-27-22-11-7-6-10-21(22)26-3)24-23(25)17(2)28-20-13-12-18-8-4-5-9-19(18)14-20/h6-7,10-14,16-17H,4-5,8-9,15H2,1-3H3,(H,24,25)/t16-,17+/m1/s1. The maximum absolute atomic E-state index is 12.5. The quantitative estimate of drug-likeness (QED) is 0.751. The van der Waals surface area contributed by atoms with Gasteiger partial charge in [0.1, 0.15) is 12.4 Å². The van der Waals surface area contributed by atoms with Gasteiger partial charge in [0.2, 0.25) is 0 Å². The Morgan fingerprint density at radius 1 is 1.04 bits per heavy atom. The molecule has 0 unspecified atom stereocenters. The van der Waals surface area contributed by atoms with Crippen LogP contribution in [0.3, 0.4) is 0 Å². The number of ether oxygens (including phenoxy) is 3. The highest BCUT2D eigenvalue weighted by atomic mass is 16.5. The third kappa shape index (κ3) is 5.18. The smallest absolute Gasteiger partial charge is 0.261 e. The van der Waals surface area contributed by atoms with Gasteiger partial charge < -0.3 is 19.5 Å². The highest BCUT2D eigenvalue weighted by molar-refractivity contribution is 5.81. The number of nitrogens with one attached hydrogen (secondary N) is 1. The SMILES string of the molecule is COc1ccccc1OC[C@@H](C)NC(=O)[C@H](C)Oc1ccc2c(c1)CCCC2. The third-order valence-corrected chi connectivity index (χ3v) is 4.95. The highest BCUT2D eigenvalue weighted by Gasteiger charge is 2.18. The molecule has 150 valence electrons. The first-order chi connectivity index (χ1) is 13.6. The van der Waals surface area contributed by atoms with E-state index in [0.29, 0.717) is 18.1 Å². The molecule has 5 heteroatoms. The molecular weight excluding hydrogens is 354 g/mol. The van der Waals surface area contributed by atoms with Crippen molar-refractivity contribution < 1.29 is 19.0 Å². The summed E-state index contributed by atoms with van der Waals surface area (Å²) in [5, 5.41) is 2.94. The van der Waals surface area contributed by atoms with Gasteiger partial charge in [0.15, 0.2) is 17.6 Å². The van der Waals surface area contributed by atoms with Gasteiger partial charge in [-0.15, -0.1) is 0 Å². The predicted octanol–water partition coefficient (Wildman–Crippen LogP) is 3.93. The van der Waals surface area contributed by atoms with E-state index in [1.54, 1.807) is 14.0 Å². The summed E-state index contributed by atoms with van der Waals surface area (Å²) in [6.07, 6.45) is 4.12. The maximum Gasteiger partial charge on any atom is 0.261 e. The van der Waals surface area contributed by atoms with Gasteiger partial charge in [-0.2, -0.15) is 0 Å². The average molecular weight is 383 g/mol. The van der Waals surface area contributed by atoms with Crippen molar-refractivity contribution in [3.63, 3.8) is 0 Å². The lowest BCUT2D eigenvalue weighted by Gasteiger charge is -2.21. The van der Waals surface area contributed by atoms with Crippen molar-refractivity contribution in [1.29, 1.82) is 0 Å². The number of aryl methyl sites for hydroxylation is 2. The lowest BCUT2D eigenvalue weighted by atomic mass is 9.92. The zero-order valence-electron chi connectivity index (χ0n) is 16.9. The summed E-state index contributed by atoms with van der Waals surface area (Å²) in [5.74, 6) is 1.92. The molecule has 0 saturated carbocycles. The van der Waals surface area contributed by atoms with Crippen LogP contribution >= 0.6 is 0 Å². The van der Waals surface area contributed by atoms with E-state index in [0.717, 1.165) is 18.6 Å². The number of methoxy groups -OCH3 is 1. The normalized spacial score (nSPS) is 15.1. The van der Waals surface area contributed by atoms with E-state index in [1.807, 2.05) is 37.3 Å². The Hall–Kier alpha value is -2.69. The molecule has 0 fully saturated rings. The molecule has 2 aromatic rings. The summed E-state index contributed by atoms with van der Waals surface area (Å²) in [7, 11) is 1.60. The summed E-state index contributed by atoms with van der Waals surface area (Å²) in [6, 6.07) is 13.5. The minimum Gasteiger partial charge on any atom is -0.493 e. The summed E-state index contributed by atoms with van der Waals surface area (Å²) >= 11 is 0. The first kappa shape index (κ1) is 20.1. The van der Waals surface area contributed by atoms with Gasteiger partial charge in [-0.25, -0.2) is 0 Å². The van der Waals surface area contributed by atoms with Crippen molar-refractivity contribution in [2.24, 2.45) is 0 Å². The van der Waals surface area contributed by atoms with Gasteiger partial charge in [0.05, 0.1) is 13.2 Å². The van der Waals surface area contributed by atoms with Crippen LogP contribution in [-0.4, -0.2) is 31.8 Å². The van der Waals surface area contributed by atoms with Crippen LogP contribution in [0.1, 0.15) is 37.8 Å². The number of benzene rings is 2. The number of para-hydroxylation sites is 2. The number of carbonyl (C=O) groups excluding carboxylic acids is 1. The van der Waals surface area contributed by atoms with Crippen LogP contribution in [0.15, 0.2) is 42.5 Å². The lowest BCUT2D eigenvalue weighted by molar-refractivity contribution is -0.128. The largest absolute Gasteiger partial charge is 0.493 e. The Balaban J connectivity index is 1.49. The van der Waals surface area contributed by atoms with E-state index in [9.17, 15) is 4.79 Å². The second-order valence-electron chi connectivity index (χ2n) is 7.27. The molecule has 2 atom stereocenters. The van der Waals surface area contributed by atoms with Gasteiger partial charge in [0, 0.05) is 0 Å². The number of rotatable bonds is 8. The first-order valence-corrected chi connectivity index (χ1v) is 9.91. The Labute approximate surface area is 167 Å². The molecule has 0 saturated heterocycles. The van der Waals surface area contributed by atoms with Gasteiger partial charge >= 0.3 is 0 Å². The fourth-order valence-corrected chi connectivity index (χ4v) is 3.40. The molecule has 1 N–H and O–H groups in total. The fourth-order valence-electron chi connectivity index (χ4n) is 3.40. The minimum absolute atomic E-state index is 0.158. The number of amides is 1. The fraction of sp³-hybridized carbons (Fsp3) is 0.435. The topological polar surface area (TPSA) is 56.8 Å². The van der Waals surface area contributed by atoms with E-state index >= 15 is 0 Å². The zero-order chi connectivity index (χ0) is 19.9. The predicted molar refractivity (Wildman–Crippen MR) is 109 cm³/mol. The first-order valence-electron chi connectivity index (χ1n) is 9.91. The van der Waals surface area contributed by atoms with Crippen molar-refractivity contribution in [3.05, 3.63) is 53.6 Å². The molecule has 0 spiro atoms. The molecule has 28 heavy (non-hydrogen) atoms. The average Bonchev–Trinajstić information content (AvgIpc) is 2.72. The maximum atomic E-state index is 12.5. The van der Waals surface area contributed by atoms with Crippen molar-refractivity contribution in [1.82, 2.24) is 5.32 Å². The number of hydrogen-bond donors (Lipinski definition) is 1. The van der Waals surface area contributed by atoms with Crippen molar-refractivity contribution in [2.45, 2.75) is 51.7 Å². The molecule has 3 rings (SSSR count). The summed E-state index contributed by atoms with van der Waals surface area (Å²) < 4.78 is 16.9. The van der Waals surface area contributed by atoms with E-state index in [2.05, 4.69) is 17.4 Å². The van der Waals surface area contributed by atoms with Crippen LogP contribution < -0.4 is 19.5 Å². The summed E-state index contributed by atoms with van der Waals surface area (Å²) in [4.78, 5) is 12.5. The molecular formula is C23H29NO4. The van der Waals surface area contributed by atoms with E-state index in [1.165, 1.54) is 24.0 Å². The monoisotopic (exact) mass is 383 g/mol. The second-order valence-corrected chi connectivity index (χ2v) is 7.27. The van der Waals surface area contributed by atoms with Crippen LogP contribution in [0.2, 0.25) is 0 Å². The Morgan fingerprint density at radius 2 is 1.75 bits per heavy atom. The molecule has 1 aliphatic carbocycles. The molecule has 0 bridgehead atoms. The molecule has 1 amide bonds. The van der Waals surface area contributed by atoms with Crippen molar-refractivity contribution >= 4 is 5.91 Å². The van der Waals surface area contributed by atoms with Gasteiger partial charge in [0.25, 0.3) is 5.91 Å². The van der Waals surface area contributed by atoms with E-state index in [-0.39, 0.29) is 11.9 Å². The molecule has 2 aromatic carbocycles. The number of hydrogen-bond acceptors (Lipinski definition) is 4. The third-order valence-electron chi connectivity index (χ3n) is 4.95. The molecule has 0 aliphatic heterocycles. The number of carbonyl (C=O) groups is 1. The lowest BCUT2D eigenvalue weighted by Crippen LogP contribution is -2.43. The van der Waals surface area contributed by atoms with Gasteiger partial charge in [-0.05, 0) is 74.9 Å². The zero-order valence-corrected chi connectivity index (χ0v) is 16.9. The van der Waals surface area contributed by atoms with Crippen molar-refractivity contribution in [3.8, 4) is 17.2 Å². The van der Waals surface area contributed by atoms with Crippen LogP contribution in [0.5, 0.6) is 17.2 Å². The Morgan fingerprint density at radius 3 is 2.50 bits per heavy atom. The van der Waals surface area contributed by atoms with E-state index in [4.69, 9.17) is 14.2 Å². The summed E-state index contributed by atoms with van der Waals surface area (Å²) in [5.41, 5.74) is 2.74. The van der Waals surface area contributed by atoms with Crippen LogP contribution in [-0.2, 0) is 17.6 Å². The highest BCUT2D eigenvalue weighted by Crippen LogP contribution is 2.27. The van der Waals surface area contributed by atoms with Crippen LogP contribution in [0, 0.1) is 0 Å². The molecule has 0 radical (unpaired) electrons. The van der Waals surface area contributed by atoms with Gasteiger partial charge in [-0.3, -0.25) is 4.79 Å². The Kier molecular flexibility index (Phi) is 6.80. The Bertz CT molecular complexity index is 805. The van der Waals surface area contributed by atoms with Crippen molar-refractivity contribution in [2.75, 3.05) is 13.7 Å². The molecule has 0 aromatic heterocycles. The second kappa shape index (κ2) is 9.49. The van der Waals surface area contributed by atoms with E-state index < -0.39 is 6.10 Å². The summed E-state index contributed by atoms with van der Waals surface area (Å²) in [6.45, 7) is 4.01. The van der Waals surface area contributed by atoms with Crippen LogP contribution in [0.25, 0.3) is 0 Å². The number of fused-ring (bicyclic) bond motifs is 1. The molecule has 5 nitrogen and oxygen atoms in total. The van der Waals surface area contributed by atoms with Crippen LogP contribution in [0.4, 0.5) is 0 Å². The molecule has 1 aliphatic rings. The minimum atomic E-state index is -0.574. The molecule has 0 heterocycles.